The van der Waals surface area contributed by atoms with E-state index in [0.717, 1.165) is 22.6 Å². The van der Waals surface area contributed by atoms with Crippen LogP contribution in [0.4, 0.5) is 0 Å². The molecule has 4 heteroatoms. The lowest BCUT2D eigenvalue weighted by molar-refractivity contribution is 0.199. The fraction of sp³-hybridized carbons (Fsp3) is 0.294. The van der Waals surface area contributed by atoms with Gasteiger partial charge in [0.25, 0.3) is 0 Å². The summed E-state index contributed by atoms with van der Waals surface area (Å²) in [5.41, 5.74) is 2.07. The van der Waals surface area contributed by atoms with Crippen LogP contribution in [-0.2, 0) is 6.42 Å². The van der Waals surface area contributed by atoms with E-state index in [0.29, 0.717) is 6.42 Å². The molecule has 4 nitrogen and oxygen atoms in total. The first-order valence-corrected chi connectivity index (χ1v) is 6.98. The van der Waals surface area contributed by atoms with Gasteiger partial charge >= 0.3 is 0 Å². The molecular formula is C17H20O4. The second-order valence-corrected chi connectivity index (χ2v) is 4.54. The molecule has 0 saturated carbocycles. The minimum absolute atomic E-state index is 0.00939. The Morgan fingerprint density at radius 2 is 1.10 bits per heavy atom. The van der Waals surface area contributed by atoms with Gasteiger partial charge in [-0.1, -0.05) is 36.4 Å². The zero-order valence-electron chi connectivity index (χ0n) is 11.9. The van der Waals surface area contributed by atoms with Crippen molar-refractivity contribution in [2.45, 2.75) is 6.42 Å². The number of aliphatic hydroxyl groups excluding tert-OH is 2. The molecule has 0 unspecified atom stereocenters. The largest absolute Gasteiger partial charge is 0.491 e. The highest BCUT2D eigenvalue weighted by molar-refractivity contribution is 5.42. The van der Waals surface area contributed by atoms with Crippen molar-refractivity contribution in [2.24, 2.45) is 0 Å². The Balaban J connectivity index is 2.18. The molecule has 0 fully saturated rings. The summed E-state index contributed by atoms with van der Waals surface area (Å²) in [6, 6.07) is 15.5. The molecule has 2 aromatic rings. The second-order valence-electron chi connectivity index (χ2n) is 4.54. The average Bonchev–Trinajstić information content (AvgIpc) is 2.53. The van der Waals surface area contributed by atoms with Gasteiger partial charge in [-0.05, 0) is 23.3 Å². The van der Waals surface area contributed by atoms with Crippen LogP contribution in [0.2, 0.25) is 0 Å². The lowest BCUT2D eigenvalue weighted by atomic mass is 10.0. The van der Waals surface area contributed by atoms with Crippen molar-refractivity contribution in [2.75, 3.05) is 26.4 Å². The molecule has 0 radical (unpaired) electrons. The van der Waals surface area contributed by atoms with E-state index >= 15 is 0 Å². The first-order chi connectivity index (χ1) is 10.3. The van der Waals surface area contributed by atoms with Gasteiger partial charge in [-0.15, -0.1) is 0 Å². The van der Waals surface area contributed by atoms with Crippen LogP contribution in [0.3, 0.4) is 0 Å². The summed E-state index contributed by atoms with van der Waals surface area (Å²) in [5.74, 6) is 1.53. The van der Waals surface area contributed by atoms with Gasteiger partial charge in [-0.3, -0.25) is 0 Å². The highest BCUT2D eigenvalue weighted by Crippen LogP contribution is 2.26. The molecule has 2 aromatic carbocycles. The van der Waals surface area contributed by atoms with E-state index in [2.05, 4.69) is 0 Å². The third kappa shape index (κ3) is 4.48. The third-order valence-electron chi connectivity index (χ3n) is 3.02. The van der Waals surface area contributed by atoms with Crippen LogP contribution in [0.25, 0.3) is 0 Å². The van der Waals surface area contributed by atoms with Gasteiger partial charge in [0, 0.05) is 6.42 Å². The standard InChI is InChI=1S/C17H20O4/c18-9-11-20-16-7-3-1-5-14(16)13-15-6-2-4-8-17(15)21-12-10-19/h1-8,18-19H,9-13H2. The first kappa shape index (κ1) is 15.4. The lowest BCUT2D eigenvalue weighted by Crippen LogP contribution is -2.06. The molecule has 0 aromatic heterocycles. The molecule has 21 heavy (non-hydrogen) atoms. The summed E-state index contributed by atoms with van der Waals surface area (Å²) in [6.07, 6.45) is 0.670. The molecule has 2 rings (SSSR count). The molecular weight excluding hydrogens is 268 g/mol. The minimum atomic E-state index is -0.00939. The number of ether oxygens (including phenoxy) is 2. The summed E-state index contributed by atoms with van der Waals surface area (Å²) >= 11 is 0. The Hall–Kier alpha value is -2.04. The maximum Gasteiger partial charge on any atom is 0.122 e. The van der Waals surface area contributed by atoms with Gasteiger partial charge in [0.05, 0.1) is 13.2 Å². The van der Waals surface area contributed by atoms with E-state index in [1.54, 1.807) is 0 Å². The zero-order valence-corrected chi connectivity index (χ0v) is 11.9. The molecule has 0 atom stereocenters. The molecule has 0 heterocycles. The predicted molar refractivity (Wildman–Crippen MR) is 80.9 cm³/mol. The van der Waals surface area contributed by atoms with E-state index in [-0.39, 0.29) is 26.4 Å². The smallest absolute Gasteiger partial charge is 0.122 e. The van der Waals surface area contributed by atoms with Gasteiger partial charge in [0.2, 0.25) is 0 Å². The van der Waals surface area contributed by atoms with E-state index < -0.39 is 0 Å². The van der Waals surface area contributed by atoms with Gasteiger partial charge in [-0.25, -0.2) is 0 Å². The molecule has 0 amide bonds. The summed E-state index contributed by atoms with van der Waals surface area (Å²) in [7, 11) is 0. The first-order valence-electron chi connectivity index (χ1n) is 6.98. The Morgan fingerprint density at radius 3 is 1.52 bits per heavy atom. The quantitative estimate of drug-likeness (QED) is 0.780. The highest BCUT2D eigenvalue weighted by Gasteiger charge is 2.08. The van der Waals surface area contributed by atoms with Crippen molar-refractivity contribution >= 4 is 0 Å². The van der Waals surface area contributed by atoms with Crippen molar-refractivity contribution in [3.05, 3.63) is 59.7 Å². The van der Waals surface area contributed by atoms with Crippen LogP contribution in [0.15, 0.2) is 48.5 Å². The van der Waals surface area contributed by atoms with Crippen LogP contribution >= 0.6 is 0 Å². The van der Waals surface area contributed by atoms with Crippen molar-refractivity contribution < 1.29 is 19.7 Å². The molecule has 0 saturated heterocycles. The number of hydrogen-bond acceptors (Lipinski definition) is 4. The van der Waals surface area contributed by atoms with Gasteiger partial charge in [0.1, 0.15) is 24.7 Å². The van der Waals surface area contributed by atoms with Crippen LogP contribution < -0.4 is 9.47 Å². The van der Waals surface area contributed by atoms with Gasteiger partial charge in [-0.2, -0.15) is 0 Å². The molecule has 2 N–H and O–H groups in total. The maximum atomic E-state index is 8.88. The lowest BCUT2D eigenvalue weighted by Gasteiger charge is -2.13. The third-order valence-corrected chi connectivity index (χ3v) is 3.02. The number of aliphatic hydroxyl groups is 2. The van der Waals surface area contributed by atoms with E-state index in [1.807, 2.05) is 48.5 Å². The fourth-order valence-electron chi connectivity index (χ4n) is 2.10. The Kier molecular flexibility index (Phi) is 6.06. The van der Waals surface area contributed by atoms with Crippen LogP contribution in [-0.4, -0.2) is 36.6 Å². The maximum absolute atomic E-state index is 8.88. The van der Waals surface area contributed by atoms with Crippen LogP contribution in [0, 0.1) is 0 Å². The molecule has 0 aliphatic rings. The SMILES string of the molecule is OCCOc1ccccc1Cc1ccccc1OCCO. The summed E-state index contributed by atoms with van der Waals surface area (Å²) < 4.78 is 11.1. The molecule has 0 spiro atoms. The van der Waals surface area contributed by atoms with E-state index in [1.165, 1.54) is 0 Å². The molecule has 112 valence electrons. The van der Waals surface area contributed by atoms with Gasteiger partial charge < -0.3 is 19.7 Å². The summed E-state index contributed by atoms with van der Waals surface area (Å²) in [5, 5.41) is 17.8. The van der Waals surface area contributed by atoms with Crippen molar-refractivity contribution in [3.63, 3.8) is 0 Å². The average molecular weight is 288 g/mol. The van der Waals surface area contributed by atoms with E-state index in [9.17, 15) is 0 Å². The summed E-state index contributed by atoms with van der Waals surface area (Å²) in [4.78, 5) is 0. The van der Waals surface area contributed by atoms with Crippen molar-refractivity contribution in [1.29, 1.82) is 0 Å². The minimum Gasteiger partial charge on any atom is -0.491 e. The fourth-order valence-corrected chi connectivity index (χ4v) is 2.10. The normalized spacial score (nSPS) is 10.4. The topological polar surface area (TPSA) is 58.9 Å². The van der Waals surface area contributed by atoms with Crippen LogP contribution in [0.5, 0.6) is 11.5 Å². The molecule has 0 aliphatic heterocycles. The number of benzene rings is 2. The number of rotatable bonds is 8. The van der Waals surface area contributed by atoms with Crippen molar-refractivity contribution in [1.82, 2.24) is 0 Å². The zero-order chi connectivity index (χ0) is 14.9. The number of hydrogen-bond donors (Lipinski definition) is 2. The molecule has 0 bridgehead atoms. The van der Waals surface area contributed by atoms with E-state index in [4.69, 9.17) is 19.7 Å². The van der Waals surface area contributed by atoms with Crippen molar-refractivity contribution in [3.8, 4) is 11.5 Å². The van der Waals surface area contributed by atoms with Crippen LogP contribution in [0.1, 0.15) is 11.1 Å². The second kappa shape index (κ2) is 8.29. The predicted octanol–water partition coefficient (Wildman–Crippen LogP) is 2.02. The Morgan fingerprint density at radius 1 is 0.667 bits per heavy atom. The Labute approximate surface area is 124 Å². The highest BCUT2D eigenvalue weighted by atomic mass is 16.5. The Bertz CT molecular complexity index is 504. The van der Waals surface area contributed by atoms with Gasteiger partial charge in [0.15, 0.2) is 0 Å². The number of para-hydroxylation sites is 2. The summed E-state index contributed by atoms with van der Waals surface area (Å²) in [6.45, 7) is 0.536. The monoisotopic (exact) mass is 288 g/mol. The molecule has 0 aliphatic carbocycles.